The van der Waals surface area contributed by atoms with Gasteiger partial charge >= 0.3 is 0 Å². The SMILES string of the molecule is C=C1CCc2cc(/C=C/C(=O)N3C[C@@H]4CN(c5ccccc5)C[C@@H]4C3)cnc2N1. The van der Waals surface area contributed by atoms with Crippen molar-refractivity contribution >= 4 is 23.5 Å². The highest BCUT2D eigenvalue weighted by Gasteiger charge is 2.41. The fourth-order valence-corrected chi connectivity index (χ4v) is 4.73. The average molecular weight is 386 g/mol. The van der Waals surface area contributed by atoms with Crippen molar-refractivity contribution in [3.63, 3.8) is 0 Å². The molecule has 0 unspecified atom stereocenters. The third-order valence-electron chi connectivity index (χ3n) is 6.32. The van der Waals surface area contributed by atoms with Crippen LogP contribution >= 0.6 is 0 Å². The zero-order chi connectivity index (χ0) is 19.8. The summed E-state index contributed by atoms with van der Waals surface area (Å²) < 4.78 is 0. The lowest BCUT2D eigenvalue weighted by molar-refractivity contribution is -0.125. The highest BCUT2D eigenvalue weighted by molar-refractivity contribution is 5.92. The Hall–Kier alpha value is -3.08. The minimum Gasteiger partial charge on any atom is -0.371 e. The summed E-state index contributed by atoms with van der Waals surface area (Å²) in [6.45, 7) is 7.75. The first-order valence-corrected chi connectivity index (χ1v) is 10.4. The molecule has 0 radical (unpaired) electrons. The van der Waals surface area contributed by atoms with Crippen molar-refractivity contribution in [2.45, 2.75) is 12.8 Å². The normalized spacial score (nSPS) is 23.2. The standard InChI is InChI=1S/C24H26N4O/c1-17-7-9-19-11-18(12-25-24(19)26-17)8-10-23(29)28-15-20-13-27(14-21(20)16-28)22-5-3-2-4-6-22/h2-6,8,10-12,20-21H,1,7,9,13-16H2,(H,25,26)/b10-8+/t20-,21+. The van der Waals surface area contributed by atoms with Gasteiger partial charge < -0.3 is 15.1 Å². The van der Waals surface area contributed by atoms with Crippen molar-refractivity contribution in [3.05, 3.63) is 72.1 Å². The number of pyridine rings is 1. The van der Waals surface area contributed by atoms with Gasteiger partial charge in [0.05, 0.1) is 0 Å². The summed E-state index contributed by atoms with van der Waals surface area (Å²) in [5.74, 6) is 2.13. The van der Waals surface area contributed by atoms with E-state index in [0.717, 1.165) is 56.1 Å². The van der Waals surface area contributed by atoms with Gasteiger partial charge in [-0.2, -0.15) is 0 Å². The smallest absolute Gasteiger partial charge is 0.246 e. The summed E-state index contributed by atoms with van der Waals surface area (Å²) in [4.78, 5) is 21.6. The van der Waals surface area contributed by atoms with E-state index in [-0.39, 0.29) is 5.91 Å². The van der Waals surface area contributed by atoms with Gasteiger partial charge in [-0.1, -0.05) is 24.8 Å². The fourth-order valence-electron chi connectivity index (χ4n) is 4.73. The Kier molecular flexibility index (Phi) is 4.58. The fraction of sp³-hybridized carbons (Fsp3) is 0.333. The molecular weight excluding hydrogens is 360 g/mol. The van der Waals surface area contributed by atoms with Gasteiger partial charge in [0.1, 0.15) is 5.82 Å². The Labute approximate surface area is 171 Å². The number of benzene rings is 1. The molecule has 1 amide bonds. The Morgan fingerprint density at radius 1 is 1.10 bits per heavy atom. The maximum Gasteiger partial charge on any atom is 0.246 e. The van der Waals surface area contributed by atoms with Gasteiger partial charge in [0.15, 0.2) is 0 Å². The van der Waals surface area contributed by atoms with Gasteiger partial charge in [0.2, 0.25) is 5.91 Å². The lowest BCUT2D eigenvalue weighted by atomic mass is 10.0. The van der Waals surface area contributed by atoms with Gasteiger partial charge in [0.25, 0.3) is 0 Å². The Morgan fingerprint density at radius 2 is 1.86 bits per heavy atom. The maximum atomic E-state index is 12.7. The molecule has 2 atom stereocenters. The summed E-state index contributed by atoms with van der Waals surface area (Å²) in [6.07, 6.45) is 7.28. The van der Waals surface area contributed by atoms with Crippen LogP contribution in [0.15, 0.2) is 60.9 Å². The molecule has 0 spiro atoms. The average Bonchev–Trinajstić information content (AvgIpc) is 3.32. The van der Waals surface area contributed by atoms with Crippen molar-refractivity contribution in [2.24, 2.45) is 11.8 Å². The number of para-hydroxylation sites is 1. The predicted octanol–water partition coefficient (Wildman–Crippen LogP) is 3.56. The van der Waals surface area contributed by atoms with Crippen LogP contribution in [0.4, 0.5) is 11.5 Å². The lowest BCUT2D eigenvalue weighted by Gasteiger charge is -2.22. The molecule has 5 heteroatoms. The third kappa shape index (κ3) is 3.65. The van der Waals surface area contributed by atoms with E-state index in [1.165, 1.54) is 11.3 Å². The second kappa shape index (κ2) is 7.39. The van der Waals surface area contributed by atoms with Crippen molar-refractivity contribution in [2.75, 3.05) is 36.4 Å². The minimum atomic E-state index is 0.106. The number of nitrogens with one attached hydrogen (secondary N) is 1. The number of fused-ring (bicyclic) bond motifs is 2. The van der Waals surface area contributed by atoms with E-state index in [2.05, 4.69) is 58.2 Å². The summed E-state index contributed by atoms with van der Waals surface area (Å²) in [5.41, 5.74) is 4.45. The van der Waals surface area contributed by atoms with Crippen LogP contribution in [0.2, 0.25) is 0 Å². The molecule has 2 fully saturated rings. The number of hydrogen-bond donors (Lipinski definition) is 1. The second-order valence-corrected chi connectivity index (χ2v) is 8.34. The maximum absolute atomic E-state index is 12.7. The summed E-state index contributed by atoms with van der Waals surface area (Å²) in [5, 5.41) is 3.23. The molecule has 0 aliphatic carbocycles. The van der Waals surface area contributed by atoms with E-state index in [9.17, 15) is 4.79 Å². The molecule has 2 saturated heterocycles. The number of aryl methyl sites for hydroxylation is 1. The molecule has 4 heterocycles. The van der Waals surface area contributed by atoms with E-state index in [4.69, 9.17) is 0 Å². The highest BCUT2D eigenvalue weighted by Crippen LogP contribution is 2.34. The van der Waals surface area contributed by atoms with Crippen LogP contribution in [-0.2, 0) is 11.2 Å². The van der Waals surface area contributed by atoms with Crippen molar-refractivity contribution < 1.29 is 4.79 Å². The predicted molar refractivity (Wildman–Crippen MR) is 117 cm³/mol. The quantitative estimate of drug-likeness (QED) is 0.820. The molecule has 2 aromatic rings. The molecule has 1 aromatic heterocycles. The molecule has 5 nitrogen and oxygen atoms in total. The van der Waals surface area contributed by atoms with Crippen LogP contribution in [0.1, 0.15) is 17.5 Å². The number of aromatic nitrogens is 1. The molecule has 3 aliphatic rings. The largest absolute Gasteiger partial charge is 0.371 e. The molecule has 0 bridgehead atoms. The lowest BCUT2D eigenvalue weighted by Crippen LogP contribution is -2.32. The summed E-state index contributed by atoms with van der Waals surface area (Å²) in [6, 6.07) is 12.7. The van der Waals surface area contributed by atoms with Gasteiger partial charge in [-0.25, -0.2) is 4.98 Å². The summed E-state index contributed by atoms with van der Waals surface area (Å²) >= 11 is 0. The number of nitrogens with zero attached hydrogens (tertiary/aromatic N) is 3. The number of allylic oxidation sites excluding steroid dienone is 1. The highest BCUT2D eigenvalue weighted by atomic mass is 16.2. The number of hydrogen-bond acceptors (Lipinski definition) is 4. The molecule has 0 saturated carbocycles. The van der Waals surface area contributed by atoms with Gasteiger partial charge in [0, 0.05) is 61.7 Å². The molecule has 5 rings (SSSR count). The third-order valence-corrected chi connectivity index (χ3v) is 6.32. The van der Waals surface area contributed by atoms with Crippen LogP contribution in [-0.4, -0.2) is 42.0 Å². The van der Waals surface area contributed by atoms with Crippen LogP contribution in [0.3, 0.4) is 0 Å². The number of rotatable bonds is 3. The van der Waals surface area contributed by atoms with E-state index in [0.29, 0.717) is 11.8 Å². The van der Waals surface area contributed by atoms with E-state index < -0.39 is 0 Å². The zero-order valence-corrected chi connectivity index (χ0v) is 16.6. The number of carbonyl (C=O) groups excluding carboxylic acids is 1. The first-order valence-electron chi connectivity index (χ1n) is 10.4. The van der Waals surface area contributed by atoms with Crippen LogP contribution in [0.5, 0.6) is 0 Å². The number of anilines is 2. The molecule has 3 aliphatic heterocycles. The molecular formula is C24H26N4O. The number of carbonyl (C=O) groups is 1. The first-order chi connectivity index (χ1) is 14.2. The number of amides is 1. The van der Waals surface area contributed by atoms with Crippen LogP contribution in [0.25, 0.3) is 6.08 Å². The molecule has 148 valence electrons. The van der Waals surface area contributed by atoms with Gasteiger partial charge in [-0.3, -0.25) is 4.79 Å². The Balaban J connectivity index is 1.19. The zero-order valence-electron chi connectivity index (χ0n) is 16.6. The van der Waals surface area contributed by atoms with Crippen molar-refractivity contribution in [1.82, 2.24) is 9.88 Å². The van der Waals surface area contributed by atoms with Gasteiger partial charge in [-0.15, -0.1) is 0 Å². The molecule has 1 aromatic carbocycles. The van der Waals surface area contributed by atoms with Gasteiger partial charge in [-0.05, 0) is 48.2 Å². The number of likely N-dealkylation sites (tertiary alicyclic amines) is 1. The molecule has 29 heavy (non-hydrogen) atoms. The van der Waals surface area contributed by atoms with Crippen LogP contribution < -0.4 is 10.2 Å². The Bertz CT molecular complexity index is 954. The summed E-state index contributed by atoms with van der Waals surface area (Å²) in [7, 11) is 0. The monoisotopic (exact) mass is 386 g/mol. The van der Waals surface area contributed by atoms with E-state index >= 15 is 0 Å². The minimum absolute atomic E-state index is 0.106. The topological polar surface area (TPSA) is 48.5 Å². The van der Waals surface area contributed by atoms with E-state index in [1.807, 2.05) is 17.2 Å². The van der Waals surface area contributed by atoms with Crippen molar-refractivity contribution in [3.8, 4) is 0 Å². The van der Waals surface area contributed by atoms with E-state index in [1.54, 1.807) is 6.08 Å². The first kappa shape index (κ1) is 18.0. The second-order valence-electron chi connectivity index (χ2n) is 8.34. The van der Waals surface area contributed by atoms with Crippen molar-refractivity contribution in [1.29, 1.82) is 0 Å². The van der Waals surface area contributed by atoms with Crippen LogP contribution in [0, 0.1) is 11.8 Å². The Morgan fingerprint density at radius 3 is 2.62 bits per heavy atom. The molecule has 1 N–H and O–H groups in total.